The molecule has 0 saturated heterocycles. The van der Waals surface area contributed by atoms with Crippen molar-refractivity contribution >= 4 is 6.09 Å². The number of hydrogen-bond acceptors (Lipinski definition) is 5. The van der Waals surface area contributed by atoms with Crippen molar-refractivity contribution < 1.29 is 9.53 Å². The number of amides is 1. The lowest BCUT2D eigenvalue weighted by Gasteiger charge is -2.35. The van der Waals surface area contributed by atoms with Gasteiger partial charge in [-0.15, -0.1) is 0 Å². The van der Waals surface area contributed by atoms with Crippen LogP contribution in [-0.4, -0.2) is 73.9 Å². The zero-order valence-electron chi connectivity index (χ0n) is 15.5. The normalized spacial score (nSPS) is 15.0. The van der Waals surface area contributed by atoms with Crippen LogP contribution in [0.25, 0.3) is 0 Å². The van der Waals surface area contributed by atoms with Gasteiger partial charge in [0.2, 0.25) is 0 Å². The monoisotopic (exact) mass is 316 g/mol. The molecule has 132 valence electrons. The second kappa shape index (κ2) is 10.0. The molecule has 0 aromatic carbocycles. The molecule has 1 amide bonds. The van der Waals surface area contributed by atoms with Crippen molar-refractivity contribution in [1.82, 2.24) is 15.1 Å². The Kier molecular flexibility index (Phi) is 9.64. The number of carbonyl (C=O) groups is 1. The minimum Gasteiger partial charge on any atom is -0.444 e. The first-order valence-corrected chi connectivity index (χ1v) is 8.19. The molecule has 0 fully saturated rings. The van der Waals surface area contributed by atoms with Crippen molar-refractivity contribution in [2.75, 3.05) is 40.3 Å². The summed E-state index contributed by atoms with van der Waals surface area (Å²) in [5.41, 5.74) is 5.45. The number of ether oxygens (including phenoxy) is 1. The predicted octanol–water partition coefficient (Wildman–Crippen LogP) is 1.50. The lowest BCUT2D eigenvalue weighted by atomic mass is 10.1. The molecule has 3 N–H and O–H groups in total. The van der Waals surface area contributed by atoms with Gasteiger partial charge in [-0.1, -0.05) is 6.92 Å². The Labute approximate surface area is 136 Å². The van der Waals surface area contributed by atoms with Gasteiger partial charge in [0.25, 0.3) is 0 Å². The molecule has 0 heterocycles. The maximum Gasteiger partial charge on any atom is 0.407 e. The minimum atomic E-state index is -0.488. The van der Waals surface area contributed by atoms with E-state index in [-0.39, 0.29) is 18.2 Å². The summed E-state index contributed by atoms with van der Waals surface area (Å²) < 4.78 is 5.31. The first-order chi connectivity index (χ1) is 10.1. The molecule has 2 unspecified atom stereocenters. The maximum atomic E-state index is 11.9. The van der Waals surface area contributed by atoms with Gasteiger partial charge in [0.15, 0.2) is 0 Å². The van der Waals surface area contributed by atoms with Crippen LogP contribution in [0.3, 0.4) is 0 Å². The lowest BCUT2D eigenvalue weighted by Crippen LogP contribution is -2.54. The molecule has 0 aliphatic carbocycles. The minimum absolute atomic E-state index is 0.0563. The van der Waals surface area contributed by atoms with Crippen LogP contribution in [0, 0.1) is 0 Å². The summed E-state index contributed by atoms with van der Waals surface area (Å²) in [4.78, 5) is 16.4. The Morgan fingerprint density at radius 3 is 2.27 bits per heavy atom. The molecule has 0 aliphatic heterocycles. The Morgan fingerprint density at radius 2 is 1.86 bits per heavy atom. The van der Waals surface area contributed by atoms with E-state index in [0.29, 0.717) is 6.54 Å². The fourth-order valence-electron chi connectivity index (χ4n) is 2.41. The molecule has 0 spiro atoms. The Morgan fingerprint density at radius 1 is 1.27 bits per heavy atom. The zero-order chi connectivity index (χ0) is 17.3. The van der Waals surface area contributed by atoms with Gasteiger partial charge in [-0.3, -0.25) is 4.90 Å². The third-order valence-corrected chi connectivity index (χ3v) is 3.49. The average molecular weight is 316 g/mol. The molecule has 6 nitrogen and oxygen atoms in total. The second-order valence-corrected chi connectivity index (χ2v) is 7.02. The molecule has 22 heavy (non-hydrogen) atoms. The van der Waals surface area contributed by atoms with Crippen molar-refractivity contribution in [1.29, 1.82) is 0 Å². The summed E-state index contributed by atoms with van der Waals surface area (Å²) in [6.07, 6.45) is 0.694. The highest BCUT2D eigenvalue weighted by Crippen LogP contribution is 2.09. The van der Waals surface area contributed by atoms with E-state index in [1.807, 2.05) is 27.7 Å². The van der Waals surface area contributed by atoms with E-state index in [0.717, 1.165) is 26.1 Å². The highest BCUT2D eigenvalue weighted by Gasteiger charge is 2.25. The standard InChI is InChI=1S/C16H36N4O2/c1-8-20(11-9-10-19(6)7)14(12-17)13(2)18-15(21)22-16(3,4)5/h13-14H,8-12,17H2,1-7H3,(H,18,21). The van der Waals surface area contributed by atoms with E-state index in [1.54, 1.807) is 0 Å². The van der Waals surface area contributed by atoms with Crippen LogP contribution in [0.2, 0.25) is 0 Å². The number of nitrogens with one attached hydrogen (secondary N) is 1. The van der Waals surface area contributed by atoms with Gasteiger partial charge in [-0.05, 0) is 67.8 Å². The number of nitrogens with zero attached hydrogens (tertiary/aromatic N) is 2. The van der Waals surface area contributed by atoms with E-state index >= 15 is 0 Å². The quantitative estimate of drug-likeness (QED) is 0.674. The molecule has 0 aliphatic rings. The third kappa shape index (κ3) is 9.23. The highest BCUT2D eigenvalue weighted by molar-refractivity contribution is 5.68. The lowest BCUT2D eigenvalue weighted by molar-refractivity contribution is 0.0470. The van der Waals surface area contributed by atoms with Crippen molar-refractivity contribution in [2.45, 2.75) is 58.7 Å². The van der Waals surface area contributed by atoms with Gasteiger partial charge in [0, 0.05) is 18.6 Å². The van der Waals surface area contributed by atoms with E-state index in [1.165, 1.54) is 0 Å². The van der Waals surface area contributed by atoms with Gasteiger partial charge in [0.1, 0.15) is 5.60 Å². The molecule has 0 saturated carbocycles. The van der Waals surface area contributed by atoms with Crippen LogP contribution in [0.1, 0.15) is 41.0 Å². The summed E-state index contributed by atoms with van der Waals surface area (Å²) in [5, 5.41) is 2.91. The van der Waals surface area contributed by atoms with E-state index < -0.39 is 5.60 Å². The summed E-state index contributed by atoms with van der Waals surface area (Å²) in [6.45, 7) is 13.1. The molecule has 0 bridgehead atoms. The Hall–Kier alpha value is -0.850. The van der Waals surface area contributed by atoms with Crippen LogP contribution in [-0.2, 0) is 4.74 Å². The fourth-order valence-corrected chi connectivity index (χ4v) is 2.41. The first-order valence-electron chi connectivity index (χ1n) is 8.19. The number of nitrogens with two attached hydrogens (primary N) is 1. The molecule has 6 heteroatoms. The Bertz CT molecular complexity index is 316. The van der Waals surface area contributed by atoms with Crippen molar-refractivity contribution in [3.8, 4) is 0 Å². The highest BCUT2D eigenvalue weighted by atomic mass is 16.6. The van der Waals surface area contributed by atoms with Crippen molar-refractivity contribution in [2.24, 2.45) is 5.73 Å². The summed E-state index contributed by atoms with van der Waals surface area (Å²) in [7, 11) is 4.15. The SMILES string of the molecule is CCN(CCCN(C)C)C(CN)C(C)NC(=O)OC(C)(C)C. The van der Waals surface area contributed by atoms with Crippen molar-refractivity contribution in [3.63, 3.8) is 0 Å². The van der Waals surface area contributed by atoms with Crippen LogP contribution in [0.15, 0.2) is 0 Å². The molecule has 0 aromatic rings. The summed E-state index contributed by atoms with van der Waals surface area (Å²) in [6, 6.07) is 0.0545. The second-order valence-electron chi connectivity index (χ2n) is 7.02. The third-order valence-electron chi connectivity index (χ3n) is 3.49. The average Bonchev–Trinajstić information content (AvgIpc) is 2.34. The van der Waals surface area contributed by atoms with Crippen LogP contribution in [0.4, 0.5) is 4.79 Å². The van der Waals surface area contributed by atoms with Crippen LogP contribution < -0.4 is 11.1 Å². The Balaban J connectivity index is 4.52. The number of likely N-dealkylation sites (N-methyl/N-ethyl adjacent to an activating group) is 1. The predicted molar refractivity (Wildman–Crippen MR) is 92.1 cm³/mol. The van der Waals surface area contributed by atoms with Gasteiger partial charge >= 0.3 is 6.09 Å². The fraction of sp³-hybridized carbons (Fsp3) is 0.938. The molecule has 0 radical (unpaired) electrons. The number of alkyl carbamates (subject to hydrolysis) is 1. The van der Waals surface area contributed by atoms with Gasteiger partial charge in [0.05, 0.1) is 0 Å². The van der Waals surface area contributed by atoms with Gasteiger partial charge in [-0.25, -0.2) is 4.79 Å². The smallest absolute Gasteiger partial charge is 0.407 e. The topological polar surface area (TPSA) is 70.8 Å². The molecule has 0 rings (SSSR count). The number of hydrogen-bond donors (Lipinski definition) is 2. The van der Waals surface area contributed by atoms with Gasteiger partial charge in [-0.2, -0.15) is 0 Å². The van der Waals surface area contributed by atoms with E-state index in [4.69, 9.17) is 10.5 Å². The zero-order valence-corrected chi connectivity index (χ0v) is 15.5. The van der Waals surface area contributed by atoms with Crippen molar-refractivity contribution in [3.05, 3.63) is 0 Å². The largest absolute Gasteiger partial charge is 0.444 e. The molecule has 2 atom stereocenters. The summed E-state index contributed by atoms with van der Waals surface area (Å²) in [5.74, 6) is 0. The maximum absolute atomic E-state index is 11.9. The van der Waals surface area contributed by atoms with E-state index in [2.05, 4.69) is 36.1 Å². The van der Waals surface area contributed by atoms with Crippen LogP contribution >= 0.6 is 0 Å². The van der Waals surface area contributed by atoms with E-state index in [9.17, 15) is 4.79 Å². The molecular formula is C16H36N4O2. The van der Waals surface area contributed by atoms with Crippen LogP contribution in [0.5, 0.6) is 0 Å². The number of carbonyl (C=O) groups excluding carboxylic acids is 1. The number of rotatable bonds is 9. The van der Waals surface area contributed by atoms with Gasteiger partial charge < -0.3 is 20.7 Å². The summed E-state index contributed by atoms with van der Waals surface area (Å²) >= 11 is 0. The first kappa shape index (κ1) is 21.1. The molecular weight excluding hydrogens is 280 g/mol. The molecule has 0 aromatic heterocycles.